The van der Waals surface area contributed by atoms with Gasteiger partial charge in [-0.05, 0) is 61.4 Å². The molecule has 11 heteroatoms. The standard InChI is InChI=1S/C35H37N5O6/c1-24(25-8-5-4-6-9-25)40(35(42)26-10-14-30-32(20-26)46-23-45-30)22-34(41)39-17-7-16-38(18-19-39)33-15-13-29(36-37-33)28-12-11-27(43-2)21-31(28)44-3/h4-6,8-15,20-21,24H,7,16-19,22-23H2,1-3H3. The first-order chi connectivity index (χ1) is 22.4. The fraction of sp³-hybridized carbons (Fsp3) is 0.314. The van der Waals surface area contributed by atoms with Gasteiger partial charge in [-0.25, -0.2) is 0 Å². The van der Waals surface area contributed by atoms with Crippen LogP contribution in [-0.4, -0.2) is 85.5 Å². The summed E-state index contributed by atoms with van der Waals surface area (Å²) in [5.74, 6) is 2.86. The Labute approximate surface area is 268 Å². The molecule has 2 aliphatic rings. The molecule has 0 bridgehead atoms. The number of carbonyl (C=O) groups excluding carboxylic acids is 2. The van der Waals surface area contributed by atoms with E-state index in [9.17, 15) is 9.59 Å². The Morgan fingerprint density at radius 1 is 0.870 bits per heavy atom. The molecule has 11 nitrogen and oxygen atoms in total. The summed E-state index contributed by atoms with van der Waals surface area (Å²) >= 11 is 0. The van der Waals surface area contributed by atoms with Crippen molar-refractivity contribution < 1.29 is 28.5 Å². The summed E-state index contributed by atoms with van der Waals surface area (Å²) < 4.78 is 21.8. The Morgan fingerprint density at radius 2 is 1.70 bits per heavy atom. The quantitative estimate of drug-likeness (QED) is 0.259. The topological polar surface area (TPSA) is 107 Å². The Kier molecular flexibility index (Phi) is 9.18. The lowest BCUT2D eigenvalue weighted by Crippen LogP contribution is -2.45. The Morgan fingerprint density at radius 3 is 2.46 bits per heavy atom. The summed E-state index contributed by atoms with van der Waals surface area (Å²) in [6, 6.07) is 24.0. The number of benzene rings is 3. The van der Waals surface area contributed by atoms with E-state index in [0.717, 1.165) is 29.9 Å². The van der Waals surface area contributed by atoms with Crippen LogP contribution in [0.5, 0.6) is 23.0 Å². The number of carbonyl (C=O) groups is 2. The largest absolute Gasteiger partial charge is 0.497 e. The van der Waals surface area contributed by atoms with E-state index in [-0.39, 0.29) is 31.2 Å². The van der Waals surface area contributed by atoms with Crippen molar-refractivity contribution in [3.05, 3.63) is 90.0 Å². The second-order valence-corrected chi connectivity index (χ2v) is 11.2. The molecule has 3 aromatic carbocycles. The molecule has 3 heterocycles. The second-order valence-electron chi connectivity index (χ2n) is 11.2. The lowest BCUT2D eigenvalue weighted by Gasteiger charge is -2.32. The summed E-state index contributed by atoms with van der Waals surface area (Å²) in [5, 5.41) is 8.99. The van der Waals surface area contributed by atoms with Gasteiger partial charge in [0.05, 0.1) is 26.0 Å². The number of fused-ring (bicyclic) bond motifs is 1. The van der Waals surface area contributed by atoms with Crippen molar-refractivity contribution in [2.24, 2.45) is 0 Å². The number of ether oxygens (including phenoxy) is 4. The summed E-state index contributed by atoms with van der Waals surface area (Å²) in [6.45, 7) is 4.41. The molecular formula is C35H37N5O6. The van der Waals surface area contributed by atoms with Gasteiger partial charge in [0.1, 0.15) is 18.0 Å². The van der Waals surface area contributed by atoms with Gasteiger partial charge in [0, 0.05) is 43.4 Å². The molecule has 0 radical (unpaired) electrons. The molecule has 46 heavy (non-hydrogen) atoms. The Bertz CT molecular complexity index is 1680. The van der Waals surface area contributed by atoms with Crippen LogP contribution in [0.2, 0.25) is 0 Å². The maximum Gasteiger partial charge on any atom is 0.254 e. The van der Waals surface area contributed by atoms with E-state index >= 15 is 0 Å². The smallest absolute Gasteiger partial charge is 0.254 e. The number of amides is 2. The van der Waals surface area contributed by atoms with Crippen LogP contribution in [0.4, 0.5) is 5.82 Å². The predicted octanol–water partition coefficient (Wildman–Crippen LogP) is 4.83. The van der Waals surface area contributed by atoms with Crippen molar-refractivity contribution in [1.29, 1.82) is 0 Å². The van der Waals surface area contributed by atoms with Crippen molar-refractivity contribution in [1.82, 2.24) is 20.0 Å². The van der Waals surface area contributed by atoms with Crippen molar-refractivity contribution in [2.45, 2.75) is 19.4 Å². The highest BCUT2D eigenvalue weighted by molar-refractivity contribution is 5.97. The van der Waals surface area contributed by atoms with Crippen LogP contribution in [0.15, 0.2) is 78.9 Å². The van der Waals surface area contributed by atoms with Crippen LogP contribution < -0.4 is 23.8 Å². The third-order valence-electron chi connectivity index (χ3n) is 8.44. The van der Waals surface area contributed by atoms with E-state index in [0.29, 0.717) is 53.9 Å². The van der Waals surface area contributed by atoms with Crippen LogP contribution in [-0.2, 0) is 4.79 Å². The third-order valence-corrected chi connectivity index (χ3v) is 8.44. The van der Waals surface area contributed by atoms with E-state index in [4.69, 9.17) is 18.9 Å². The highest BCUT2D eigenvalue weighted by atomic mass is 16.7. The second kappa shape index (κ2) is 13.8. The molecule has 6 rings (SSSR count). The normalized spacial score (nSPS) is 14.8. The Hall–Kier alpha value is -5.32. The summed E-state index contributed by atoms with van der Waals surface area (Å²) in [5.41, 5.74) is 2.89. The third kappa shape index (κ3) is 6.53. The average Bonchev–Trinajstić information content (AvgIpc) is 3.44. The van der Waals surface area contributed by atoms with Crippen LogP contribution in [0.3, 0.4) is 0 Å². The van der Waals surface area contributed by atoms with Crippen molar-refractivity contribution in [2.75, 3.05) is 58.6 Å². The molecule has 1 saturated heterocycles. The highest BCUT2D eigenvalue weighted by Gasteiger charge is 2.29. The monoisotopic (exact) mass is 623 g/mol. The van der Waals surface area contributed by atoms with Crippen LogP contribution >= 0.6 is 0 Å². The van der Waals surface area contributed by atoms with Gasteiger partial charge in [0.15, 0.2) is 17.3 Å². The molecule has 1 fully saturated rings. The molecule has 2 aliphatic heterocycles. The average molecular weight is 624 g/mol. The van der Waals surface area contributed by atoms with E-state index in [1.165, 1.54) is 0 Å². The molecule has 2 amide bonds. The maximum atomic E-state index is 13.9. The molecule has 1 aromatic heterocycles. The summed E-state index contributed by atoms with van der Waals surface area (Å²) in [6.07, 6.45) is 0.756. The van der Waals surface area contributed by atoms with E-state index in [1.54, 1.807) is 37.3 Å². The minimum Gasteiger partial charge on any atom is -0.497 e. The Balaban J connectivity index is 1.14. The number of methoxy groups -OCH3 is 2. The molecule has 238 valence electrons. The molecule has 4 aromatic rings. The zero-order valence-corrected chi connectivity index (χ0v) is 26.2. The van der Waals surface area contributed by atoms with Crippen molar-refractivity contribution >= 4 is 17.6 Å². The van der Waals surface area contributed by atoms with Gasteiger partial charge in [-0.2, -0.15) is 0 Å². The number of hydrogen-bond acceptors (Lipinski definition) is 9. The van der Waals surface area contributed by atoms with Crippen molar-refractivity contribution in [3.63, 3.8) is 0 Å². The summed E-state index contributed by atoms with van der Waals surface area (Å²) in [7, 11) is 3.22. The van der Waals surface area contributed by atoms with E-state index < -0.39 is 0 Å². The maximum absolute atomic E-state index is 13.9. The zero-order valence-electron chi connectivity index (χ0n) is 26.2. The molecular weight excluding hydrogens is 586 g/mol. The molecule has 0 N–H and O–H groups in total. The molecule has 0 aliphatic carbocycles. The number of rotatable bonds is 9. The zero-order chi connectivity index (χ0) is 32.0. The highest BCUT2D eigenvalue weighted by Crippen LogP contribution is 2.34. The minimum absolute atomic E-state index is 0.0540. The first kappa shape index (κ1) is 30.7. The lowest BCUT2D eigenvalue weighted by molar-refractivity contribution is -0.132. The fourth-order valence-electron chi connectivity index (χ4n) is 5.78. The van der Waals surface area contributed by atoms with Gasteiger partial charge in [0.2, 0.25) is 12.7 Å². The number of hydrogen-bond donors (Lipinski definition) is 0. The first-order valence-corrected chi connectivity index (χ1v) is 15.3. The number of aromatic nitrogens is 2. The SMILES string of the molecule is COc1ccc(-c2ccc(N3CCCN(C(=O)CN(C(=O)c4ccc5c(c4)OCO5)C(C)c4ccccc4)CC3)nn2)c(OC)c1. The summed E-state index contributed by atoms with van der Waals surface area (Å²) in [4.78, 5) is 33.3. The fourth-order valence-corrected chi connectivity index (χ4v) is 5.78. The lowest BCUT2D eigenvalue weighted by atomic mass is 10.0. The predicted molar refractivity (Wildman–Crippen MR) is 172 cm³/mol. The van der Waals surface area contributed by atoms with Gasteiger partial charge < -0.3 is 33.6 Å². The minimum atomic E-state index is -0.329. The van der Waals surface area contributed by atoms with Gasteiger partial charge in [-0.3, -0.25) is 9.59 Å². The molecule has 0 saturated carbocycles. The van der Waals surface area contributed by atoms with E-state index in [1.807, 2.05) is 72.5 Å². The molecule has 0 spiro atoms. The molecule has 1 unspecified atom stereocenters. The van der Waals surface area contributed by atoms with Gasteiger partial charge in [-0.1, -0.05) is 30.3 Å². The van der Waals surface area contributed by atoms with Crippen LogP contribution in [0.1, 0.15) is 35.3 Å². The van der Waals surface area contributed by atoms with Gasteiger partial charge in [0.25, 0.3) is 5.91 Å². The number of anilines is 1. The van der Waals surface area contributed by atoms with Gasteiger partial charge >= 0.3 is 0 Å². The first-order valence-electron chi connectivity index (χ1n) is 15.3. The van der Waals surface area contributed by atoms with Crippen molar-refractivity contribution in [3.8, 4) is 34.3 Å². The molecule has 1 atom stereocenters. The van der Waals surface area contributed by atoms with Gasteiger partial charge in [-0.15, -0.1) is 10.2 Å². The number of nitrogens with zero attached hydrogens (tertiary/aromatic N) is 5. The van der Waals surface area contributed by atoms with Crippen LogP contribution in [0.25, 0.3) is 11.3 Å². The van der Waals surface area contributed by atoms with Crippen LogP contribution in [0, 0.1) is 0 Å². The van der Waals surface area contributed by atoms with E-state index in [2.05, 4.69) is 15.1 Å².